The van der Waals surface area contributed by atoms with Crippen LogP contribution in [0.2, 0.25) is 0 Å². The summed E-state index contributed by atoms with van der Waals surface area (Å²) in [6, 6.07) is 9.35. The maximum atomic E-state index is 12.3. The fourth-order valence-corrected chi connectivity index (χ4v) is 3.60. The number of amides is 1. The molecule has 1 aromatic carbocycles. The molecule has 7 heteroatoms. The number of thiazole rings is 1. The molecule has 0 saturated heterocycles. The highest BCUT2D eigenvalue weighted by molar-refractivity contribution is 7.16. The molecule has 0 unspecified atom stereocenters. The third kappa shape index (κ3) is 3.71. The van der Waals surface area contributed by atoms with Crippen LogP contribution in [0, 0.1) is 0 Å². The Balaban J connectivity index is 2.08. The molecule has 0 aliphatic heterocycles. The van der Waals surface area contributed by atoms with Gasteiger partial charge >= 0.3 is 11.9 Å². The van der Waals surface area contributed by atoms with Crippen LogP contribution in [0.25, 0.3) is 10.2 Å². The number of aryl methyl sites for hydroxylation is 2. The van der Waals surface area contributed by atoms with E-state index in [1.807, 2.05) is 16.7 Å². The van der Waals surface area contributed by atoms with Crippen LogP contribution in [0.3, 0.4) is 0 Å². The van der Waals surface area contributed by atoms with Gasteiger partial charge in [0.15, 0.2) is 10.6 Å². The molecule has 0 bridgehead atoms. The molecule has 3 aromatic rings. The predicted molar refractivity (Wildman–Crippen MR) is 94.4 cm³/mol. The van der Waals surface area contributed by atoms with Gasteiger partial charge in [-0.05, 0) is 36.2 Å². The van der Waals surface area contributed by atoms with Crippen molar-refractivity contribution in [1.29, 1.82) is 0 Å². The van der Waals surface area contributed by atoms with Crippen molar-refractivity contribution in [2.75, 3.05) is 7.11 Å². The van der Waals surface area contributed by atoms with Crippen molar-refractivity contribution < 1.29 is 18.7 Å². The Morgan fingerprint density at radius 3 is 2.84 bits per heavy atom. The molecule has 0 aliphatic rings. The Kier molecular flexibility index (Phi) is 5.14. The molecular weight excluding hydrogens is 340 g/mol. The van der Waals surface area contributed by atoms with E-state index >= 15 is 0 Å². The Morgan fingerprint density at radius 2 is 2.16 bits per heavy atom. The van der Waals surface area contributed by atoms with Crippen molar-refractivity contribution >= 4 is 33.4 Å². The first-order chi connectivity index (χ1) is 12.1. The highest BCUT2D eigenvalue weighted by Gasteiger charge is 2.12. The first-order valence-electron chi connectivity index (χ1n) is 7.94. The second kappa shape index (κ2) is 7.48. The summed E-state index contributed by atoms with van der Waals surface area (Å²) in [7, 11) is 1.36. The van der Waals surface area contributed by atoms with E-state index in [9.17, 15) is 9.59 Å². The van der Waals surface area contributed by atoms with Gasteiger partial charge in [-0.25, -0.2) is 0 Å². The molecule has 0 fully saturated rings. The molecule has 0 radical (unpaired) electrons. The van der Waals surface area contributed by atoms with E-state index in [0.29, 0.717) is 11.3 Å². The highest BCUT2D eigenvalue weighted by Crippen LogP contribution is 2.20. The van der Waals surface area contributed by atoms with E-state index in [-0.39, 0.29) is 18.2 Å². The normalized spacial score (nSPS) is 11.8. The molecule has 1 amide bonds. The molecule has 0 spiro atoms. The molecule has 25 heavy (non-hydrogen) atoms. The van der Waals surface area contributed by atoms with Crippen LogP contribution in [0.15, 0.2) is 46.0 Å². The molecule has 0 saturated carbocycles. The lowest BCUT2D eigenvalue weighted by atomic mass is 10.2. The summed E-state index contributed by atoms with van der Waals surface area (Å²) >= 11 is 1.42. The average Bonchev–Trinajstić information content (AvgIpc) is 3.27. The van der Waals surface area contributed by atoms with Gasteiger partial charge in [0.25, 0.3) is 0 Å². The standard InChI is InChI=1S/C18H18N2O4S/c1-3-12-6-7-13-15(11-12)25-18(20(13)9-8-16(21)23-2)19-17(22)14-5-4-10-24-14/h4-7,10-11H,3,8-9H2,1-2H3. The number of benzene rings is 1. The number of carbonyl (C=O) groups excluding carboxylic acids is 2. The molecule has 0 N–H and O–H groups in total. The SMILES string of the molecule is CCc1ccc2c(c1)sc(=NC(=O)c1ccco1)n2CCC(=O)OC. The first-order valence-corrected chi connectivity index (χ1v) is 8.75. The number of nitrogens with zero attached hydrogens (tertiary/aromatic N) is 2. The fraction of sp³-hybridized carbons (Fsp3) is 0.278. The lowest BCUT2D eigenvalue weighted by Crippen LogP contribution is -2.19. The van der Waals surface area contributed by atoms with E-state index in [4.69, 9.17) is 9.15 Å². The van der Waals surface area contributed by atoms with Crippen LogP contribution in [0.1, 0.15) is 29.5 Å². The number of hydrogen-bond donors (Lipinski definition) is 0. The number of aromatic nitrogens is 1. The van der Waals surface area contributed by atoms with E-state index in [2.05, 4.69) is 18.0 Å². The molecule has 0 atom stereocenters. The number of ether oxygens (including phenoxy) is 1. The van der Waals surface area contributed by atoms with E-state index in [1.165, 1.54) is 30.3 Å². The number of furan rings is 1. The molecule has 3 rings (SSSR count). The lowest BCUT2D eigenvalue weighted by Gasteiger charge is -2.05. The maximum Gasteiger partial charge on any atom is 0.315 e. The predicted octanol–water partition coefficient (Wildman–Crippen LogP) is 3.16. The average molecular weight is 358 g/mol. The molecule has 2 aromatic heterocycles. The van der Waals surface area contributed by atoms with Crippen molar-refractivity contribution in [3.8, 4) is 0 Å². The Morgan fingerprint density at radius 1 is 1.32 bits per heavy atom. The van der Waals surface area contributed by atoms with Crippen molar-refractivity contribution in [3.63, 3.8) is 0 Å². The Hall–Kier alpha value is -2.67. The molecule has 6 nitrogen and oxygen atoms in total. The third-order valence-electron chi connectivity index (χ3n) is 3.85. The van der Waals surface area contributed by atoms with Gasteiger partial charge in [0.2, 0.25) is 0 Å². The van der Waals surface area contributed by atoms with Gasteiger partial charge in [-0.15, -0.1) is 0 Å². The minimum atomic E-state index is -0.445. The quantitative estimate of drug-likeness (QED) is 0.657. The van der Waals surface area contributed by atoms with Crippen molar-refractivity contribution in [1.82, 2.24) is 4.57 Å². The number of rotatable bonds is 5. The van der Waals surface area contributed by atoms with Gasteiger partial charge < -0.3 is 13.7 Å². The van der Waals surface area contributed by atoms with Gasteiger partial charge in [-0.3, -0.25) is 9.59 Å². The Bertz CT molecular complexity index is 967. The number of esters is 1. The smallest absolute Gasteiger partial charge is 0.315 e. The molecule has 0 aliphatic carbocycles. The highest BCUT2D eigenvalue weighted by atomic mass is 32.1. The monoisotopic (exact) mass is 358 g/mol. The lowest BCUT2D eigenvalue weighted by molar-refractivity contribution is -0.140. The Labute approximate surface area is 148 Å². The van der Waals surface area contributed by atoms with Crippen molar-refractivity contribution in [3.05, 3.63) is 52.7 Å². The van der Waals surface area contributed by atoms with Crippen LogP contribution in [0.5, 0.6) is 0 Å². The summed E-state index contributed by atoms with van der Waals surface area (Å²) in [5.74, 6) is -0.564. The van der Waals surface area contributed by atoms with Crippen molar-refractivity contribution in [2.24, 2.45) is 4.99 Å². The number of hydrogen-bond acceptors (Lipinski definition) is 5. The van der Waals surface area contributed by atoms with Gasteiger partial charge in [-0.1, -0.05) is 24.3 Å². The summed E-state index contributed by atoms with van der Waals surface area (Å²) in [4.78, 5) is 28.5. The van der Waals surface area contributed by atoms with Crippen LogP contribution in [-0.2, 0) is 22.5 Å². The van der Waals surface area contributed by atoms with Gasteiger partial charge in [0, 0.05) is 6.54 Å². The largest absolute Gasteiger partial charge is 0.469 e. The molecular formula is C18H18N2O4S. The first kappa shape index (κ1) is 17.2. The van der Waals surface area contributed by atoms with E-state index in [1.54, 1.807) is 12.1 Å². The van der Waals surface area contributed by atoms with Crippen LogP contribution < -0.4 is 4.80 Å². The fourth-order valence-electron chi connectivity index (χ4n) is 2.49. The summed E-state index contributed by atoms with van der Waals surface area (Å²) in [5.41, 5.74) is 2.15. The van der Waals surface area contributed by atoms with Gasteiger partial charge in [0.05, 0.1) is 30.0 Å². The van der Waals surface area contributed by atoms with Crippen molar-refractivity contribution in [2.45, 2.75) is 26.3 Å². The number of methoxy groups -OCH3 is 1. The summed E-state index contributed by atoms with van der Waals surface area (Å²) < 4.78 is 12.7. The topological polar surface area (TPSA) is 73.8 Å². The summed E-state index contributed by atoms with van der Waals surface area (Å²) in [6.45, 7) is 2.48. The van der Waals surface area contributed by atoms with Gasteiger partial charge in [0.1, 0.15) is 0 Å². The third-order valence-corrected chi connectivity index (χ3v) is 4.89. The van der Waals surface area contributed by atoms with Crippen LogP contribution >= 0.6 is 11.3 Å². The number of fused-ring (bicyclic) bond motifs is 1. The van der Waals surface area contributed by atoms with Gasteiger partial charge in [-0.2, -0.15) is 4.99 Å². The van der Waals surface area contributed by atoms with Crippen LogP contribution in [-0.4, -0.2) is 23.6 Å². The molecule has 2 heterocycles. The van der Waals surface area contributed by atoms with E-state index in [0.717, 1.165) is 16.6 Å². The van der Waals surface area contributed by atoms with Crippen LogP contribution in [0.4, 0.5) is 0 Å². The number of carbonyl (C=O) groups is 2. The second-order valence-electron chi connectivity index (χ2n) is 5.41. The summed E-state index contributed by atoms with van der Waals surface area (Å²) in [5, 5.41) is 0. The molecule has 130 valence electrons. The maximum absolute atomic E-state index is 12.3. The minimum Gasteiger partial charge on any atom is -0.469 e. The zero-order valence-electron chi connectivity index (χ0n) is 14.0. The zero-order chi connectivity index (χ0) is 17.8. The zero-order valence-corrected chi connectivity index (χ0v) is 14.8. The van der Waals surface area contributed by atoms with E-state index < -0.39 is 5.91 Å². The second-order valence-corrected chi connectivity index (χ2v) is 6.42. The summed E-state index contributed by atoms with van der Waals surface area (Å²) in [6.07, 6.45) is 2.57. The minimum absolute atomic E-state index is 0.186.